The zero-order valence-electron chi connectivity index (χ0n) is 9.65. The SMILES string of the molecule is Cc1cnc(NCCc2cccnc2)c(Br)c1. The summed E-state index contributed by atoms with van der Waals surface area (Å²) in [6.07, 6.45) is 6.47. The molecule has 0 saturated heterocycles. The third-order valence-corrected chi connectivity index (χ3v) is 3.01. The molecule has 4 heteroatoms. The van der Waals surface area contributed by atoms with Gasteiger partial charge in [0, 0.05) is 25.1 Å². The number of aryl methyl sites for hydroxylation is 1. The van der Waals surface area contributed by atoms with Crippen LogP contribution in [0.5, 0.6) is 0 Å². The Morgan fingerprint density at radius 3 is 2.94 bits per heavy atom. The van der Waals surface area contributed by atoms with Crippen LogP contribution in [-0.4, -0.2) is 16.5 Å². The first kappa shape index (κ1) is 12.0. The molecular weight excluding hydrogens is 278 g/mol. The quantitative estimate of drug-likeness (QED) is 0.940. The molecule has 17 heavy (non-hydrogen) atoms. The fourth-order valence-electron chi connectivity index (χ4n) is 1.53. The van der Waals surface area contributed by atoms with Crippen LogP contribution in [0.25, 0.3) is 0 Å². The molecule has 0 aliphatic rings. The van der Waals surface area contributed by atoms with E-state index in [2.05, 4.69) is 43.3 Å². The van der Waals surface area contributed by atoms with Crippen LogP contribution in [0.1, 0.15) is 11.1 Å². The Balaban J connectivity index is 1.90. The van der Waals surface area contributed by atoms with Gasteiger partial charge in [0.15, 0.2) is 0 Å². The van der Waals surface area contributed by atoms with Gasteiger partial charge in [-0.2, -0.15) is 0 Å². The van der Waals surface area contributed by atoms with Crippen LogP contribution >= 0.6 is 15.9 Å². The van der Waals surface area contributed by atoms with Crippen molar-refractivity contribution in [1.29, 1.82) is 0 Å². The van der Waals surface area contributed by atoms with Gasteiger partial charge in [-0.3, -0.25) is 4.98 Å². The van der Waals surface area contributed by atoms with Crippen LogP contribution in [0.2, 0.25) is 0 Å². The van der Waals surface area contributed by atoms with Crippen LogP contribution in [0.15, 0.2) is 41.3 Å². The predicted molar refractivity (Wildman–Crippen MR) is 73.1 cm³/mol. The number of rotatable bonds is 4. The maximum atomic E-state index is 4.34. The average Bonchev–Trinajstić information content (AvgIpc) is 2.33. The van der Waals surface area contributed by atoms with Crippen molar-refractivity contribution in [3.8, 4) is 0 Å². The molecule has 0 radical (unpaired) electrons. The first-order valence-electron chi connectivity index (χ1n) is 5.50. The van der Waals surface area contributed by atoms with Gasteiger partial charge in [0.25, 0.3) is 0 Å². The molecule has 0 saturated carbocycles. The lowest BCUT2D eigenvalue weighted by Gasteiger charge is -2.07. The van der Waals surface area contributed by atoms with Gasteiger partial charge < -0.3 is 5.32 Å². The van der Waals surface area contributed by atoms with E-state index < -0.39 is 0 Å². The Bertz CT molecular complexity index is 485. The number of anilines is 1. The minimum absolute atomic E-state index is 0.848. The lowest BCUT2D eigenvalue weighted by molar-refractivity contribution is 0.990. The van der Waals surface area contributed by atoms with E-state index in [-0.39, 0.29) is 0 Å². The lowest BCUT2D eigenvalue weighted by Crippen LogP contribution is -2.07. The molecule has 0 aliphatic carbocycles. The molecule has 0 bridgehead atoms. The summed E-state index contributed by atoms with van der Waals surface area (Å²) < 4.78 is 1.00. The highest BCUT2D eigenvalue weighted by Crippen LogP contribution is 2.20. The number of hydrogen-bond donors (Lipinski definition) is 1. The van der Waals surface area contributed by atoms with E-state index in [0.717, 1.165) is 28.8 Å². The van der Waals surface area contributed by atoms with Gasteiger partial charge in [0.1, 0.15) is 5.82 Å². The Hall–Kier alpha value is -1.42. The second kappa shape index (κ2) is 5.77. The Morgan fingerprint density at radius 1 is 1.35 bits per heavy atom. The van der Waals surface area contributed by atoms with Crippen molar-refractivity contribution in [1.82, 2.24) is 9.97 Å². The summed E-state index contributed by atoms with van der Waals surface area (Å²) in [7, 11) is 0. The largest absolute Gasteiger partial charge is 0.369 e. The summed E-state index contributed by atoms with van der Waals surface area (Å²) in [5.74, 6) is 0.888. The van der Waals surface area contributed by atoms with E-state index in [0.29, 0.717) is 0 Å². The van der Waals surface area contributed by atoms with E-state index in [1.165, 1.54) is 5.56 Å². The van der Waals surface area contributed by atoms with Gasteiger partial charge in [-0.25, -0.2) is 4.98 Å². The fraction of sp³-hybridized carbons (Fsp3) is 0.231. The van der Waals surface area contributed by atoms with Crippen molar-refractivity contribution < 1.29 is 0 Å². The molecule has 2 rings (SSSR count). The van der Waals surface area contributed by atoms with E-state index in [4.69, 9.17) is 0 Å². The van der Waals surface area contributed by atoms with Gasteiger partial charge in [0.05, 0.1) is 4.47 Å². The zero-order valence-corrected chi connectivity index (χ0v) is 11.2. The summed E-state index contributed by atoms with van der Waals surface area (Å²) in [4.78, 5) is 8.42. The molecule has 2 heterocycles. The van der Waals surface area contributed by atoms with Crippen LogP contribution in [0.4, 0.5) is 5.82 Å². The predicted octanol–water partition coefficient (Wildman–Crippen LogP) is 3.20. The Labute approximate surface area is 109 Å². The highest BCUT2D eigenvalue weighted by Gasteiger charge is 2.00. The van der Waals surface area contributed by atoms with Crippen LogP contribution in [0, 0.1) is 6.92 Å². The fourth-order valence-corrected chi connectivity index (χ4v) is 2.14. The Kier molecular flexibility index (Phi) is 4.09. The van der Waals surface area contributed by atoms with Crippen molar-refractivity contribution in [3.05, 3.63) is 52.4 Å². The molecule has 0 aliphatic heterocycles. The first-order valence-corrected chi connectivity index (χ1v) is 6.30. The molecule has 0 aromatic carbocycles. The highest BCUT2D eigenvalue weighted by molar-refractivity contribution is 9.10. The number of aromatic nitrogens is 2. The normalized spacial score (nSPS) is 10.2. The molecule has 3 nitrogen and oxygen atoms in total. The molecule has 0 amide bonds. The van der Waals surface area contributed by atoms with E-state index in [1.54, 1.807) is 6.20 Å². The minimum Gasteiger partial charge on any atom is -0.369 e. The summed E-state index contributed by atoms with van der Waals surface area (Å²) >= 11 is 3.50. The van der Waals surface area contributed by atoms with Gasteiger partial charge >= 0.3 is 0 Å². The summed E-state index contributed by atoms with van der Waals surface area (Å²) in [5.41, 5.74) is 2.37. The standard InChI is InChI=1S/C13H14BrN3/c1-10-7-12(14)13(17-8-10)16-6-4-11-3-2-5-15-9-11/h2-3,5,7-9H,4,6H2,1H3,(H,16,17). The summed E-state index contributed by atoms with van der Waals surface area (Å²) in [6.45, 7) is 2.87. The van der Waals surface area contributed by atoms with Gasteiger partial charge in [-0.1, -0.05) is 6.07 Å². The molecule has 88 valence electrons. The van der Waals surface area contributed by atoms with Crippen LogP contribution in [0.3, 0.4) is 0 Å². The second-order valence-corrected chi connectivity index (χ2v) is 4.74. The Morgan fingerprint density at radius 2 is 2.24 bits per heavy atom. The first-order chi connectivity index (χ1) is 8.25. The molecule has 0 atom stereocenters. The molecule has 0 spiro atoms. The maximum Gasteiger partial charge on any atom is 0.140 e. The van der Waals surface area contributed by atoms with Gasteiger partial charge in [-0.15, -0.1) is 0 Å². The third-order valence-electron chi connectivity index (χ3n) is 2.41. The maximum absolute atomic E-state index is 4.34. The average molecular weight is 292 g/mol. The van der Waals surface area contributed by atoms with Crippen molar-refractivity contribution in [3.63, 3.8) is 0 Å². The van der Waals surface area contributed by atoms with Gasteiger partial charge in [0.2, 0.25) is 0 Å². The molecule has 2 aromatic rings. The smallest absolute Gasteiger partial charge is 0.140 e. The number of nitrogens with zero attached hydrogens (tertiary/aromatic N) is 2. The number of hydrogen-bond acceptors (Lipinski definition) is 3. The van der Waals surface area contributed by atoms with E-state index in [1.807, 2.05) is 25.4 Å². The lowest BCUT2D eigenvalue weighted by atomic mass is 10.2. The topological polar surface area (TPSA) is 37.8 Å². The summed E-state index contributed by atoms with van der Waals surface area (Å²) in [6, 6.07) is 6.08. The second-order valence-electron chi connectivity index (χ2n) is 3.88. The number of nitrogens with one attached hydrogen (secondary N) is 1. The van der Waals surface area contributed by atoms with Crippen molar-refractivity contribution in [2.24, 2.45) is 0 Å². The van der Waals surface area contributed by atoms with E-state index >= 15 is 0 Å². The molecular formula is C13H14BrN3. The van der Waals surface area contributed by atoms with E-state index in [9.17, 15) is 0 Å². The molecule has 2 aromatic heterocycles. The van der Waals surface area contributed by atoms with Crippen molar-refractivity contribution >= 4 is 21.7 Å². The minimum atomic E-state index is 0.848. The number of pyridine rings is 2. The molecule has 0 fully saturated rings. The third kappa shape index (κ3) is 3.53. The highest BCUT2D eigenvalue weighted by atomic mass is 79.9. The van der Waals surface area contributed by atoms with Crippen LogP contribution in [-0.2, 0) is 6.42 Å². The zero-order chi connectivity index (χ0) is 12.1. The number of halogens is 1. The molecule has 1 N–H and O–H groups in total. The molecule has 0 unspecified atom stereocenters. The van der Waals surface area contributed by atoms with Crippen molar-refractivity contribution in [2.75, 3.05) is 11.9 Å². The summed E-state index contributed by atoms with van der Waals surface area (Å²) in [5, 5.41) is 3.30. The van der Waals surface area contributed by atoms with Crippen LogP contribution < -0.4 is 5.32 Å². The monoisotopic (exact) mass is 291 g/mol. The van der Waals surface area contributed by atoms with Crippen molar-refractivity contribution in [2.45, 2.75) is 13.3 Å². The van der Waals surface area contributed by atoms with Gasteiger partial charge in [-0.05, 0) is 52.5 Å².